The van der Waals surface area contributed by atoms with E-state index in [9.17, 15) is 9.90 Å². The Morgan fingerprint density at radius 3 is 2.30 bits per heavy atom. The smallest absolute Gasteiger partial charge is 0.545 e. The van der Waals surface area contributed by atoms with Crippen LogP contribution in [0.3, 0.4) is 0 Å². The molecule has 0 atom stereocenters. The summed E-state index contributed by atoms with van der Waals surface area (Å²) in [5, 5.41) is 24.9. The van der Waals surface area contributed by atoms with E-state index >= 15 is 0 Å². The van der Waals surface area contributed by atoms with Crippen LogP contribution in [0.25, 0.3) is 33.4 Å². The number of aliphatic imine (C=N–C) groups is 2. The molecule has 0 bridgehead atoms. The number of fused-ring (bicyclic) bond motifs is 2. The number of nitrogens with zero attached hydrogens (tertiary/aromatic N) is 5. The predicted octanol–water partition coefficient (Wildman–Crippen LogP) is 3.17. The van der Waals surface area contributed by atoms with Crippen molar-refractivity contribution in [3.05, 3.63) is 65.5 Å². The van der Waals surface area contributed by atoms with Gasteiger partial charge in [-0.3, -0.25) is 0 Å². The Bertz CT molecular complexity index is 2150. The van der Waals surface area contributed by atoms with Crippen molar-refractivity contribution in [2.75, 3.05) is 117 Å². The van der Waals surface area contributed by atoms with Gasteiger partial charge in [0.15, 0.2) is 5.11 Å². The zero-order chi connectivity index (χ0) is 43.0. The molecule has 12 nitrogen and oxygen atoms in total. The SMILES string of the molecule is CCNc1ccc2c(-c3ccc(NC(=S)NCCC[N+](C)(C)CCCCCCN=C=NCCC[N+]4(C)CCOCC4)cc3C(=O)[O-])c3ccc(=[N+](CC)CC)cc-3oc2c1.[K+]. The molecule has 0 spiro atoms. The monoisotopic (exact) mass is 879 g/mol. The largest absolute Gasteiger partial charge is 1.00 e. The number of hydrogen-bond donors (Lipinski definition) is 3. The van der Waals surface area contributed by atoms with Gasteiger partial charge in [-0.15, -0.1) is 0 Å². The van der Waals surface area contributed by atoms with Gasteiger partial charge in [0.25, 0.3) is 0 Å². The topological polar surface area (TPSA) is 126 Å². The Labute approximate surface area is 411 Å². The molecule has 61 heavy (non-hydrogen) atoms. The molecule has 3 aliphatic rings. The van der Waals surface area contributed by atoms with Gasteiger partial charge >= 0.3 is 51.4 Å². The van der Waals surface area contributed by atoms with Crippen molar-refractivity contribution in [3.8, 4) is 22.5 Å². The molecule has 0 aromatic heterocycles. The zero-order valence-corrected chi connectivity index (χ0v) is 41.8. The Hall–Kier alpha value is -3.01. The summed E-state index contributed by atoms with van der Waals surface area (Å²) in [6.07, 6.45) is 6.61. The number of carboxylic acids is 1. The first-order valence-electron chi connectivity index (χ1n) is 22.0. The molecule has 2 aliphatic heterocycles. The van der Waals surface area contributed by atoms with Crippen LogP contribution in [-0.2, 0) is 4.74 Å². The number of aromatic carboxylic acids is 1. The fourth-order valence-electron chi connectivity index (χ4n) is 8.05. The van der Waals surface area contributed by atoms with E-state index in [2.05, 4.69) is 77.6 Å². The molecule has 0 radical (unpaired) electrons. The van der Waals surface area contributed by atoms with Crippen LogP contribution < -0.4 is 82.4 Å². The number of carbonyl (C=O) groups is 1. The number of nitrogens with one attached hydrogen (secondary N) is 3. The van der Waals surface area contributed by atoms with Crippen molar-refractivity contribution < 1.29 is 79.4 Å². The van der Waals surface area contributed by atoms with E-state index in [1.807, 2.05) is 49.4 Å². The number of quaternary nitrogens is 2. The first-order valence-corrected chi connectivity index (χ1v) is 22.4. The molecule has 14 heteroatoms. The van der Waals surface area contributed by atoms with E-state index in [4.69, 9.17) is 21.4 Å². The number of likely N-dealkylation sites (N-methyl/N-ethyl adjacent to an activating group) is 1. The molecule has 0 unspecified atom stereocenters. The number of morpholine rings is 1. The van der Waals surface area contributed by atoms with E-state index in [-0.39, 0.29) is 56.9 Å². The van der Waals surface area contributed by atoms with Gasteiger partial charge in [0.05, 0.1) is 78.6 Å². The van der Waals surface area contributed by atoms with Gasteiger partial charge in [0, 0.05) is 78.1 Å². The Morgan fingerprint density at radius 2 is 1.57 bits per heavy atom. The normalized spacial score (nSPS) is 13.5. The van der Waals surface area contributed by atoms with Gasteiger partial charge < -0.3 is 44.0 Å². The van der Waals surface area contributed by atoms with Gasteiger partial charge in [-0.05, 0) is 88.1 Å². The second kappa shape index (κ2) is 25.3. The minimum Gasteiger partial charge on any atom is -0.545 e. The van der Waals surface area contributed by atoms with E-state index in [0.717, 1.165) is 141 Å². The van der Waals surface area contributed by atoms with E-state index in [1.54, 1.807) is 6.07 Å². The second-order valence-corrected chi connectivity index (χ2v) is 17.2. The van der Waals surface area contributed by atoms with Gasteiger partial charge in [0.1, 0.15) is 37.5 Å². The standard InChI is InChI=1S/C47H66N8O4S.K/c1-7-50-36-16-20-40-43(33-36)59-44-34-38(53(8-2)9-3)18-21-41(44)45(40)39-19-17-37(32-42(39)46(56)57)52-47(60)51-24-15-26-54(4,5)25-13-11-10-12-22-48-35-49-23-14-27-55(6)28-30-58-31-29-55;/h16-21,32-34H,7-15,22-31H2,1-6H3,(H-2,50,51,52,56,57,60);/q;+1/p+2. The van der Waals surface area contributed by atoms with Gasteiger partial charge in [-0.25, -0.2) is 14.6 Å². The Morgan fingerprint density at radius 1 is 0.885 bits per heavy atom. The van der Waals surface area contributed by atoms with Crippen molar-refractivity contribution in [2.24, 2.45) is 9.98 Å². The maximum atomic E-state index is 12.8. The van der Waals surface area contributed by atoms with Gasteiger partial charge in [0.2, 0.25) is 5.36 Å². The van der Waals surface area contributed by atoms with Crippen molar-refractivity contribution in [1.29, 1.82) is 0 Å². The second-order valence-electron chi connectivity index (χ2n) is 16.8. The van der Waals surface area contributed by atoms with Crippen LogP contribution in [-0.4, -0.2) is 132 Å². The number of thiocarbonyl (C=S) groups is 1. The van der Waals surface area contributed by atoms with Gasteiger partial charge in [-0.2, -0.15) is 0 Å². The van der Waals surface area contributed by atoms with Crippen LogP contribution in [0.1, 0.15) is 69.7 Å². The summed E-state index contributed by atoms with van der Waals surface area (Å²) in [5.41, 5.74) is 4.39. The predicted molar refractivity (Wildman–Crippen MR) is 248 cm³/mol. The van der Waals surface area contributed by atoms with Crippen LogP contribution in [0.4, 0.5) is 11.4 Å². The number of carboxylic acid groups (broad SMARTS) is 1. The third-order valence-electron chi connectivity index (χ3n) is 11.7. The molecule has 1 aliphatic carbocycles. The zero-order valence-electron chi connectivity index (χ0n) is 37.9. The minimum atomic E-state index is -1.27. The number of hydrogen-bond acceptors (Lipinski definition) is 8. The van der Waals surface area contributed by atoms with E-state index in [0.29, 0.717) is 34.3 Å². The number of benzene rings is 3. The van der Waals surface area contributed by atoms with E-state index < -0.39 is 5.97 Å². The van der Waals surface area contributed by atoms with Crippen LogP contribution in [0.2, 0.25) is 0 Å². The summed E-state index contributed by atoms with van der Waals surface area (Å²) in [5.74, 6) is -0.587. The molecule has 1 saturated heterocycles. The molecule has 5 rings (SSSR count). The third-order valence-corrected chi connectivity index (χ3v) is 11.9. The maximum Gasteiger partial charge on any atom is 1.00 e. The Kier molecular flexibility index (Phi) is 21.0. The fourth-order valence-corrected chi connectivity index (χ4v) is 8.27. The number of anilines is 2. The Balaban J connectivity index is 0.00000819. The van der Waals surface area contributed by atoms with Crippen LogP contribution in [0.5, 0.6) is 0 Å². The average Bonchev–Trinajstić information content (AvgIpc) is 3.22. The third kappa shape index (κ3) is 15.3. The average molecular weight is 880 g/mol. The van der Waals surface area contributed by atoms with E-state index in [1.165, 1.54) is 12.8 Å². The molecule has 2 heterocycles. The molecule has 2 aromatic carbocycles. The van der Waals surface area contributed by atoms with Crippen LogP contribution >= 0.6 is 12.2 Å². The molecule has 0 saturated carbocycles. The molecular weight excluding hydrogens is 812 g/mol. The number of carbonyl (C=O) groups excluding carboxylic acids is 1. The van der Waals surface area contributed by atoms with Crippen molar-refractivity contribution in [2.45, 2.75) is 59.3 Å². The first-order chi connectivity index (χ1) is 29.0. The summed E-state index contributed by atoms with van der Waals surface area (Å²) in [6.45, 7) is 18.2. The molecule has 324 valence electrons. The number of ether oxygens (including phenoxy) is 1. The number of unbranched alkanes of at least 4 members (excludes halogenated alkanes) is 3. The van der Waals surface area contributed by atoms with Crippen molar-refractivity contribution >= 4 is 51.7 Å². The number of rotatable bonds is 22. The van der Waals surface area contributed by atoms with Crippen molar-refractivity contribution in [3.63, 3.8) is 0 Å². The van der Waals surface area contributed by atoms with Crippen LogP contribution in [0.15, 0.2) is 69.0 Å². The molecule has 3 N–H and O–H groups in total. The molecule has 0 amide bonds. The quantitative estimate of drug-likeness (QED) is 0.0209. The minimum absolute atomic E-state index is 0. The summed E-state index contributed by atoms with van der Waals surface area (Å²) in [4.78, 5) is 21.5. The summed E-state index contributed by atoms with van der Waals surface area (Å²) in [6, 6.07) is 20.3. The van der Waals surface area contributed by atoms with Gasteiger partial charge in [-0.1, -0.05) is 12.5 Å². The summed E-state index contributed by atoms with van der Waals surface area (Å²) >= 11 is 5.64. The van der Waals surface area contributed by atoms with Crippen LogP contribution in [0, 0.1) is 0 Å². The first kappa shape index (κ1) is 50.6. The summed E-state index contributed by atoms with van der Waals surface area (Å²) in [7, 11) is 6.86. The summed E-state index contributed by atoms with van der Waals surface area (Å²) < 4.78 is 16.3. The fraction of sp³-hybridized carbons (Fsp3) is 0.532. The molecular formula is C47H68KN8O4S+3. The molecule has 1 fully saturated rings. The van der Waals surface area contributed by atoms with Crippen molar-refractivity contribution in [1.82, 2.24) is 9.89 Å². The maximum absolute atomic E-state index is 12.8. The molecule has 2 aromatic rings.